The molecule has 1 amide bonds. The zero-order chi connectivity index (χ0) is 22.7. The second kappa shape index (κ2) is 9.16. The number of hydrogen-bond donors (Lipinski definition) is 2. The molecule has 3 aromatic rings. The number of aromatic amines is 1. The molecule has 1 aromatic carbocycles. The molecule has 31 heavy (non-hydrogen) atoms. The normalized spacial score (nSPS) is 11.3. The smallest absolute Gasteiger partial charge is 0.330 e. The summed E-state index contributed by atoms with van der Waals surface area (Å²) in [6.45, 7) is 8.51. The van der Waals surface area contributed by atoms with Gasteiger partial charge >= 0.3 is 5.69 Å². The molecule has 0 fully saturated rings. The lowest BCUT2D eigenvalue weighted by atomic mass is 10.0. The summed E-state index contributed by atoms with van der Waals surface area (Å²) in [4.78, 5) is 45.2. The van der Waals surface area contributed by atoms with E-state index in [2.05, 4.69) is 15.3 Å². The van der Waals surface area contributed by atoms with E-state index in [0.717, 1.165) is 11.3 Å². The third-order valence-corrected chi connectivity index (χ3v) is 4.96. The van der Waals surface area contributed by atoms with E-state index in [0.29, 0.717) is 12.2 Å². The van der Waals surface area contributed by atoms with Crippen LogP contribution in [0.25, 0.3) is 11.0 Å². The molecule has 0 saturated carbocycles. The minimum Gasteiger partial charge on any atom is -0.497 e. The lowest BCUT2D eigenvalue weighted by Gasteiger charge is -2.16. The van der Waals surface area contributed by atoms with Crippen LogP contribution in [0.1, 0.15) is 55.2 Å². The molecule has 2 heterocycles. The minimum atomic E-state index is -0.614. The molecule has 0 aliphatic carbocycles. The average molecular weight is 425 g/mol. The van der Waals surface area contributed by atoms with Gasteiger partial charge in [-0.05, 0) is 35.6 Å². The highest BCUT2D eigenvalue weighted by molar-refractivity contribution is 6.05. The van der Waals surface area contributed by atoms with Crippen LogP contribution in [0, 0.1) is 5.92 Å². The lowest BCUT2D eigenvalue weighted by Crippen LogP contribution is -2.34. The van der Waals surface area contributed by atoms with Crippen molar-refractivity contribution < 1.29 is 9.53 Å². The molecule has 0 radical (unpaired) electrons. The first-order chi connectivity index (χ1) is 14.7. The predicted molar refractivity (Wildman–Crippen MR) is 120 cm³/mol. The summed E-state index contributed by atoms with van der Waals surface area (Å²) in [6, 6.07) is 8.98. The van der Waals surface area contributed by atoms with Gasteiger partial charge in [0.25, 0.3) is 11.5 Å². The molecule has 0 atom stereocenters. The topological polar surface area (TPSA) is 106 Å². The van der Waals surface area contributed by atoms with Crippen molar-refractivity contribution in [2.75, 3.05) is 7.11 Å². The van der Waals surface area contributed by atoms with Gasteiger partial charge < -0.3 is 10.1 Å². The second-order valence-electron chi connectivity index (χ2n) is 8.24. The maximum atomic E-state index is 13.1. The largest absolute Gasteiger partial charge is 0.497 e. The minimum absolute atomic E-state index is 0.0134. The molecule has 0 unspecified atom stereocenters. The first-order valence-electron chi connectivity index (χ1n) is 10.3. The van der Waals surface area contributed by atoms with Gasteiger partial charge in [-0.3, -0.25) is 19.1 Å². The first-order valence-corrected chi connectivity index (χ1v) is 10.3. The highest BCUT2D eigenvalue weighted by Gasteiger charge is 2.20. The highest BCUT2D eigenvalue weighted by Crippen LogP contribution is 2.20. The van der Waals surface area contributed by atoms with Gasteiger partial charge in [-0.25, -0.2) is 9.78 Å². The standard InChI is InChI=1S/C23H28N4O4/c1-13(2)12-27-20-19(22(29)26-23(27)30)17(10-18(25-20)14(3)4)21(28)24-11-15-6-8-16(31-5)9-7-15/h6-10,13-14H,11-12H2,1-5H3,(H,24,28)(H,26,29,30). The number of pyridine rings is 1. The maximum Gasteiger partial charge on any atom is 0.330 e. The molecule has 3 rings (SSSR count). The SMILES string of the molecule is COc1ccc(CNC(=O)c2cc(C(C)C)nc3c2c(=O)[nH]c(=O)n3CC(C)C)cc1. The number of hydrogen-bond acceptors (Lipinski definition) is 5. The van der Waals surface area contributed by atoms with Crippen LogP contribution < -0.4 is 21.3 Å². The van der Waals surface area contributed by atoms with Crippen LogP contribution in [0.4, 0.5) is 0 Å². The number of nitrogens with one attached hydrogen (secondary N) is 2. The Morgan fingerprint density at radius 2 is 1.84 bits per heavy atom. The summed E-state index contributed by atoms with van der Waals surface area (Å²) in [7, 11) is 1.59. The monoisotopic (exact) mass is 424 g/mol. The Balaban J connectivity index is 2.08. The lowest BCUT2D eigenvalue weighted by molar-refractivity contribution is 0.0952. The molecule has 2 aromatic heterocycles. The number of fused-ring (bicyclic) bond motifs is 1. The summed E-state index contributed by atoms with van der Waals surface area (Å²) in [5.41, 5.74) is 0.845. The molecular formula is C23H28N4O4. The van der Waals surface area contributed by atoms with E-state index < -0.39 is 17.2 Å². The number of carbonyl (C=O) groups excluding carboxylic acids is 1. The van der Waals surface area contributed by atoms with E-state index in [1.54, 1.807) is 13.2 Å². The number of ether oxygens (including phenoxy) is 1. The third kappa shape index (κ3) is 4.84. The number of amides is 1. The summed E-state index contributed by atoms with van der Waals surface area (Å²) in [6.07, 6.45) is 0. The van der Waals surface area contributed by atoms with Gasteiger partial charge in [0.15, 0.2) is 5.65 Å². The second-order valence-corrected chi connectivity index (χ2v) is 8.24. The van der Waals surface area contributed by atoms with Crippen LogP contribution in [0.15, 0.2) is 39.9 Å². The molecule has 164 valence electrons. The van der Waals surface area contributed by atoms with E-state index >= 15 is 0 Å². The number of rotatable bonds is 7. The Labute approximate surface area is 180 Å². The molecule has 8 nitrogen and oxygen atoms in total. The molecule has 0 spiro atoms. The third-order valence-electron chi connectivity index (χ3n) is 4.96. The van der Waals surface area contributed by atoms with Gasteiger partial charge in [0.1, 0.15) is 5.75 Å². The van der Waals surface area contributed by atoms with E-state index in [9.17, 15) is 14.4 Å². The van der Waals surface area contributed by atoms with Crippen LogP contribution in [0.3, 0.4) is 0 Å². The van der Waals surface area contributed by atoms with Crippen molar-refractivity contribution in [1.82, 2.24) is 19.9 Å². The van der Waals surface area contributed by atoms with Gasteiger partial charge in [-0.1, -0.05) is 39.8 Å². The molecule has 2 N–H and O–H groups in total. The molecular weight excluding hydrogens is 396 g/mol. The van der Waals surface area contributed by atoms with Crippen molar-refractivity contribution in [3.8, 4) is 5.75 Å². The Morgan fingerprint density at radius 1 is 1.16 bits per heavy atom. The fourth-order valence-electron chi connectivity index (χ4n) is 3.32. The van der Waals surface area contributed by atoms with Crippen LogP contribution >= 0.6 is 0 Å². The van der Waals surface area contributed by atoms with Gasteiger partial charge in [0.05, 0.1) is 18.1 Å². The Kier molecular flexibility index (Phi) is 6.58. The van der Waals surface area contributed by atoms with E-state index in [4.69, 9.17) is 4.74 Å². The number of benzene rings is 1. The quantitative estimate of drug-likeness (QED) is 0.607. The number of nitrogens with zero attached hydrogens (tertiary/aromatic N) is 2. The number of H-pyrrole nitrogens is 1. The van der Waals surface area contributed by atoms with Gasteiger partial charge in [0.2, 0.25) is 0 Å². The molecule has 0 aliphatic rings. The number of aromatic nitrogens is 3. The van der Waals surface area contributed by atoms with E-state index in [1.807, 2.05) is 52.0 Å². The van der Waals surface area contributed by atoms with Crippen LogP contribution in [0.2, 0.25) is 0 Å². The van der Waals surface area contributed by atoms with Gasteiger partial charge in [0, 0.05) is 18.8 Å². The molecule has 0 saturated heterocycles. The van der Waals surface area contributed by atoms with Crippen LogP contribution in [0.5, 0.6) is 5.75 Å². The summed E-state index contributed by atoms with van der Waals surface area (Å²) in [5.74, 6) is 0.500. The van der Waals surface area contributed by atoms with Crippen LogP contribution in [-0.2, 0) is 13.1 Å². The number of carbonyl (C=O) groups is 1. The Hall–Kier alpha value is -3.42. The Morgan fingerprint density at radius 3 is 2.42 bits per heavy atom. The van der Waals surface area contributed by atoms with Crippen molar-refractivity contribution in [1.29, 1.82) is 0 Å². The zero-order valence-electron chi connectivity index (χ0n) is 18.5. The van der Waals surface area contributed by atoms with Crippen molar-refractivity contribution in [2.45, 2.75) is 46.7 Å². The van der Waals surface area contributed by atoms with Crippen molar-refractivity contribution in [2.24, 2.45) is 5.92 Å². The van der Waals surface area contributed by atoms with Gasteiger partial charge in [-0.2, -0.15) is 0 Å². The van der Waals surface area contributed by atoms with E-state index in [-0.39, 0.29) is 35.0 Å². The van der Waals surface area contributed by atoms with Crippen molar-refractivity contribution >= 4 is 16.9 Å². The fourth-order valence-corrected chi connectivity index (χ4v) is 3.32. The van der Waals surface area contributed by atoms with E-state index in [1.165, 1.54) is 4.57 Å². The van der Waals surface area contributed by atoms with Crippen molar-refractivity contribution in [3.05, 3.63) is 68.0 Å². The zero-order valence-corrected chi connectivity index (χ0v) is 18.5. The summed E-state index contributed by atoms with van der Waals surface area (Å²) < 4.78 is 6.59. The highest BCUT2D eigenvalue weighted by atomic mass is 16.5. The fraction of sp³-hybridized carbons (Fsp3) is 0.391. The molecule has 8 heteroatoms. The first kappa shape index (κ1) is 22.3. The molecule has 0 aliphatic heterocycles. The predicted octanol–water partition coefficient (Wildman–Crippen LogP) is 2.80. The van der Waals surface area contributed by atoms with Crippen LogP contribution in [-0.4, -0.2) is 27.6 Å². The summed E-state index contributed by atoms with van der Waals surface area (Å²) in [5, 5.41) is 2.99. The average Bonchev–Trinajstić information content (AvgIpc) is 2.74. The Bertz CT molecular complexity index is 1210. The molecule has 0 bridgehead atoms. The van der Waals surface area contributed by atoms with Gasteiger partial charge in [-0.15, -0.1) is 0 Å². The number of methoxy groups -OCH3 is 1. The van der Waals surface area contributed by atoms with Crippen molar-refractivity contribution in [3.63, 3.8) is 0 Å². The summed E-state index contributed by atoms with van der Waals surface area (Å²) >= 11 is 0. The maximum absolute atomic E-state index is 13.1.